The molecule has 0 heterocycles. The molecule has 40 valence electrons. The highest BCUT2D eigenvalue weighted by Gasteiger charge is 1.97. The minimum absolute atomic E-state index is 0.516. The maximum Gasteiger partial charge on any atom is 0.278 e. The van der Waals surface area contributed by atoms with E-state index in [1.165, 1.54) is 0 Å². The highest BCUT2D eigenvalue weighted by molar-refractivity contribution is 5.89. The van der Waals surface area contributed by atoms with Crippen LogP contribution in [0.3, 0.4) is 0 Å². The second-order valence-corrected chi connectivity index (χ2v) is 0.879. The Kier molecular flexibility index (Phi) is 1.84. The predicted molar refractivity (Wildman–Crippen MR) is 22.6 cm³/mol. The van der Waals surface area contributed by atoms with Crippen molar-refractivity contribution in [2.75, 3.05) is 0 Å². The average molecular weight is 104 g/mol. The normalized spacial score (nSPS) is 11.3. The fraction of sp³-hybridized carbons (Fsp3) is 0. The van der Waals surface area contributed by atoms with Crippen molar-refractivity contribution in [3.05, 3.63) is 12.0 Å². The topological polar surface area (TPSA) is 69.1 Å². The predicted octanol–water partition coefficient (Wildman–Crippen LogP) is -0.759. The molecule has 0 rings (SSSR count). The van der Waals surface area contributed by atoms with Gasteiger partial charge in [0.25, 0.3) is 5.91 Å². The van der Waals surface area contributed by atoms with Gasteiger partial charge in [0.1, 0.15) is 0 Å². The van der Waals surface area contributed by atoms with Gasteiger partial charge in [0.2, 0.25) is 5.83 Å². The van der Waals surface area contributed by atoms with Crippen LogP contribution in [0.25, 0.3) is 0 Å². The summed E-state index contributed by atoms with van der Waals surface area (Å²) in [6.45, 7) is 0. The summed E-state index contributed by atoms with van der Waals surface area (Å²) in [5, 5.41) is 0. The van der Waals surface area contributed by atoms with Crippen LogP contribution < -0.4 is 11.5 Å². The lowest BCUT2D eigenvalue weighted by Crippen LogP contribution is -2.11. The maximum absolute atomic E-state index is 11.5. The summed E-state index contributed by atoms with van der Waals surface area (Å²) in [5.41, 5.74) is 8.92. The molecule has 0 aromatic carbocycles. The molecule has 0 saturated heterocycles. The summed E-state index contributed by atoms with van der Waals surface area (Å²) in [6, 6.07) is 0. The van der Waals surface area contributed by atoms with Crippen LogP contribution in [0.15, 0.2) is 12.0 Å². The van der Waals surface area contributed by atoms with Crippen molar-refractivity contribution in [3.8, 4) is 0 Å². The molecule has 0 fully saturated rings. The number of hydrogen-bond donors (Lipinski definition) is 2. The quantitative estimate of drug-likeness (QED) is 0.429. The number of hydrogen-bond acceptors (Lipinski definition) is 2. The number of halogens is 1. The van der Waals surface area contributed by atoms with E-state index in [-0.39, 0.29) is 0 Å². The van der Waals surface area contributed by atoms with Gasteiger partial charge in [-0.1, -0.05) is 0 Å². The van der Waals surface area contributed by atoms with Gasteiger partial charge in [-0.2, -0.15) is 4.39 Å². The van der Waals surface area contributed by atoms with Gasteiger partial charge < -0.3 is 11.5 Å². The van der Waals surface area contributed by atoms with Gasteiger partial charge >= 0.3 is 0 Å². The van der Waals surface area contributed by atoms with Crippen LogP contribution in [0.1, 0.15) is 0 Å². The van der Waals surface area contributed by atoms with E-state index in [9.17, 15) is 9.18 Å². The molecule has 0 aliphatic rings. The molecule has 1 amide bonds. The largest absolute Gasteiger partial charge is 0.402 e. The van der Waals surface area contributed by atoms with Crippen molar-refractivity contribution in [3.63, 3.8) is 0 Å². The highest BCUT2D eigenvalue weighted by atomic mass is 19.1. The van der Waals surface area contributed by atoms with Gasteiger partial charge in [0.05, 0.1) is 0 Å². The number of carbonyl (C=O) groups is 1. The molecule has 0 unspecified atom stereocenters. The van der Waals surface area contributed by atoms with E-state index in [4.69, 9.17) is 0 Å². The molecule has 0 aliphatic heterocycles. The molecule has 0 spiro atoms. The van der Waals surface area contributed by atoms with Gasteiger partial charge in [-0.15, -0.1) is 0 Å². The Morgan fingerprint density at radius 1 is 1.71 bits per heavy atom. The zero-order valence-corrected chi connectivity index (χ0v) is 3.52. The minimum Gasteiger partial charge on any atom is -0.402 e. The molecule has 0 aromatic heterocycles. The van der Waals surface area contributed by atoms with Gasteiger partial charge in [-0.3, -0.25) is 4.79 Å². The lowest BCUT2D eigenvalue weighted by atomic mass is 10.5. The van der Waals surface area contributed by atoms with Gasteiger partial charge in [0.15, 0.2) is 0 Å². The van der Waals surface area contributed by atoms with E-state index in [0.717, 1.165) is 0 Å². The van der Waals surface area contributed by atoms with Gasteiger partial charge in [-0.25, -0.2) is 0 Å². The van der Waals surface area contributed by atoms with Crippen molar-refractivity contribution in [1.82, 2.24) is 0 Å². The van der Waals surface area contributed by atoms with E-state index in [1.807, 2.05) is 0 Å². The monoisotopic (exact) mass is 104 g/mol. The standard InChI is InChI=1S/C3H5FN2O/c4-2(1-5)3(6)7/h1H,5H2,(H2,6,7)/b2-1+. The Morgan fingerprint density at radius 2 is 2.14 bits per heavy atom. The summed E-state index contributed by atoms with van der Waals surface area (Å²) in [7, 11) is 0. The third kappa shape index (κ3) is 1.75. The summed E-state index contributed by atoms with van der Waals surface area (Å²) in [6.07, 6.45) is 0.516. The molecular formula is C3H5FN2O. The minimum atomic E-state index is -1.14. The number of amides is 1. The molecule has 0 radical (unpaired) electrons. The first-order valence-electron chi connectivity index (χ1n) is 1.55. The second kappa shape index (κ2) is 2.17. The van der Waals surface area contributed by atoms with E-state index in [2.05, 4.69) is 11.5 Å². The Labute approximate surface area is 39.8 Å². The van der Waals surface area contributed by atoms with Crippen molar-refractivity contribution in [1.29, 1.82) is 0 Å². The molecular weight excluding hydrogens is 99.0 g/mol. The number of nitrogens with two attached hydrogens (primary N) is 2. The third-order valence-corrected chi connectivity index (χ3v) is 0.382. The Hall–Kier alpha value is -1.06. The van der Waals surface area contributed by atoms with Crippen LogP contribution in [0.4, 0.5) is 4.39 Å². The van der Waals surface area contributed by atoms with E-state index >= 15 is 0 Å². The summed E-state index contributed by atoms with van der Waals surface area (Å²) in [5.74, 6) is -2.25. The summed E-state index contributed by atoms with van der Waals surface area (Å²) in [4.78, 5) is 9.63. The first kappa shape index (κ1) is 5.94. The molecule has 4 heteroatoms. The molecule has 0 saturated carbocycles. The average Bonchev–Trinajstić information content (AvgIpc) is 1.65. The zero-order chi connectivity index (χ0) is 5.86. The summed E-state index contributed by atoms with van der Waals surface area (Å²) < 4.78 is 11.5. The van der Waals surface area contributed by atoms with Gasteiger partial charge in [-0.05, 0) is 0 Å². The van der Waals surface area contributed by atoms with Crippen molar-refractivity contribution in [2.24, 2.45) is 11.5 Å². The Bertz CT molecular complexity index is 110. The third-order valence-electron chi connectivity index (χ3n) is 0.382. The number of carbonyl (C=O) groups excluding carboxylic acids is 1. The van der Waals surface area contributed by atoms with Gasteiger partial charge in [0, 0.05) is 6.20 Å². The highest BCUT2D eigenvalue weighted by Crippen LogP contribution is 1.87. The fourth-order valence-electron chi connectivity index (χ4n) is 0.0821. The first-order valence-corrected chi connectivity index (χ1v) is 1.55. The Morgan fingerprint density at radius 3 is 2.14 bits per heavy atom. The van der Waals surface area contributed by atoms with E-state index < -0.39 is 11.7 Å². The second-order valence-electron chi connectivity index (χ2n) is 0.879. The molecule has 0 aromatic rings. The summed E-state index contributed by atoms with van der Waals surface area (Å²) >= 11 is 0. The molecule has 0 bridgehead atoms. The van der Waals surface area contributed by atoms with E-state index in [0.29, 0.717) is 6.20 Å². The fourth-order valence-corrected chi connectivity index (χ4v) is 0.0821. The molecule has 0 atom stereocenters. The van der Waals surface area contributed by atoms with Crippen LogP contribution in [0.5, 0.6) is 0 Å². The molecule has 3 nitrogen and oxygen atoms in total. The molecule has 0 aliphatic carbocycles. The number of primary amides is 1. The number of rotatable bonds is 1. The van der Waals surface area contributed by atoms with Crippen LogP contribution >= 0.6 is 0 Å². The first-order chi connectivity index (χ1) is 3.18. The lowest BCUT2D eigenvalue weighted by Gasteiger charge is -1.80. The van der Waals surface area contributed by atoms with Crippen LogP contribution in [0.2, 0.25) is 0 Å². The smallest absolute Gasteiger partial charge is 0.278 e. The molecule has 4 N–H and O–H groups in total. The zero-order valence-electron chi connectivity index (χ0n) is 3.52. The van der Waals surface area contributed by atoms with Crippen LogP contribution in [0, 0.1) is 0 Å². The van der Waals surface area contributed by atoms with Crippen LogP contribution in [-0.4, -0.2) is 5.91 Å². The van der Waals surface area contributed by atoms with Crippen molar-refractivity contribution in [2.45, 2.75) is 0 Å². The van der Waals surface area contributed by atoms with E-state index in [1.54, 1.807) is 0 Å². The van der Waals surface area contributed by atoms with Crippen molar-refractivity contribution < 1.29 is 9.18 Å². The lowest BCUT2D eigenvalue weighted by molar-refractivity contribution is -0.115. The Balaban J connectivity index is 3.82. The van der Waals surface area contributed by atoms with Crippen molar-refractivity contribution >= 4 is 5.91 Å². The molecule has 7 heavy (non-hydrogen) atoms. The van der Waals surface area contributed by atoms with Crippen LogP contribution in [-0.2, 0) is 4.79 Å². The maximum atomic E-state index is 11.5. The SMILES string of the molecule is N/C=C(/F)C(N)=O.